The minimum Gasteiger partial charge on any atom is -0.326 e. The topological polar surface area (TPSA) is 51.8 Å². The van der Waals surface area contributed by atoms with Crippen LogP contribution in [0.1, 0.15) is 11.3 Å². The zero-order valence-corrected chi connectivity index (χ0v) is 10.5. The molecule has 0 aliphatic carbocycles. The van der Waals surface area contributed by atoms with E-state index < -0.39 is 0 Å². The second kappa shape index (κ2) is 4.72. The van der Waals surface area contributed by atoms with Crippen molar-refractivity contribution < 1.29 is 0 Å². The molecule has 1 aromatic carbocycles. The van der Waals surface area contributed by atoms with Crippen molar-refractivity contribution in [3.63, 3.8) is 0 Å². The van der Waals surface area contributed by atoms with E-state index in [0.717, 1.165) is 27.0 Å². The van der Waals surface area contributed by atoms with Gasteiger partial charge in [-0.2, -0.15) is 10.2 Å². The molecule has 3 nitrogen and oxygen atoms in total. The molecule has 0 radical (unpaired) electrons. The first-order valence-electron chi connectivity index (χ1n) is 5.00. The fraction of sp³-hybridized carbons (Fsp3) is 0.167. The van der Waals surface area contributed by atoms with Crippen molar-refractivity contribution in [3.05, 3.63) is 46.1 Å². The van der Waals surface area contributed by atoms with Gasteiger partial charge in [0.05, 0.1) is 11.4 Å². The summed E-state index contributed by atoms with van der Waals surface area (Å²) in [6, 6.07) is 9.96. The van der Waals surface area contributed by atoms with Gasteiger partial charge in [0, 0.05) is 16.6 Å². The normalized spacial score (nSPS) is 10.4. The van der Waals surface area contributed by atoms with Crippen LogP contribution >= 0.6 is 15.9 Å². The molecule has 0 atom stereocenters. The molecule has 16 heavy (non-hydrogen) atoms. The van der Waals surface area contributed by atoms with Crippen LogP contribution in [0.2, 0.25) is 0 Å². The number of aryl methyl sites for hydroxylation is 1. The third-order valence-electron chi connectivity index (χ3n) is 2.42. The molecule has 82 valence electrons. The van der Waals surface area contributed by atoms with Crippen LogP contribution < -0.4 is 5.73 Å². The Kier molecular flexibility index (Phi) is 3.31. The Morgan fingerprint density at radius 2 is 2.06 bits per heavy atom. The Morgan fingerprint density at radius 1 is 1.25 bits per heavy atom. The molecule has 2 aromatic rings. The van der Waals surface area contributed by atoms with Gasteiger partial charge in [-0.05, 0) is 30.7 Å². The zero-order chi connectivity index (χ0) is 11.5. The van der Waals surface area contributed by atoms with Gasteiger partial charge in [0.25, 0.3) is 0 Å². The maximum atomic E-state index is 5.65. The fourth-order valence-corrected chi connectivity index (χ4v) is 1.89. The molecular formula is C12H12BrN3. The monoisotopic (exact) mass is 277 g/mol. The fourth-order valence-electron chi connectivity index (χ4n) is 1.49. The van der Waals surface area contributed by atoms with Crippen molar-refractivity contribution in [1.29, 1.82) is 0 Å². The van der Waals surface area contributed by atoms with E-state index in [1.54, 1.807) is 0 Å². The lowest BCUT2D eigenvalue weighted by Gasteiger charge is -2.05. The lowest BCUT2D eigenvalue weighted by Crippen LogP contribution is -2.03. The second-order valence-corrected chi connectivity index (χ2v) is 4.47. The summed E-state index contributed by atoms with van der Waals surface area (Å²) < 4.78 is 1.03. The highest BCUT2D eigenvalue weighted by Crippen LogP contribution is 2.21. The summed E-state index contributed by atoms with van der Waals surface area (Å²) in [5, 5.41) is 8.28. The first-order chi connectivity index (χ1) is 7.70. The SMILES string of the molecule is Cc1nnc(-c2cccc(Br)c2)cc1CN. The van der Waals surface area contributed by atoms with E-state index in [0.29, 0.717) is 6.54 Å². The molecule has 0 bridgehead atoms. The first kappa shape index (κ1) is 11.2. The van der Waals surface area contributed by atoms with Crippen LogP contribution in [-0.4, -0.2) is 10.2 Å². The number of halogens is 1. The predicted molar refractivity (Wildman–Crippen MR) is 67.8 cm³/mol. The lowest BCUT2D eigenvalue weighted by atomic mass is 10.1. The molecule has 4 heteroatoms. The predicted octanol–water partition coefficient (Wildman–Crippen LogP) is 2.67. The number of hydrogen-bond acceptors (Lipinski definition) is 3. The van der Waals surface area contributed by atoms with Crippen molar-refractivity contribution in [2.75, 3.05) is 0 Å². The quantitative estimate of drug-likeness (QED) is 0.918. The Bertz CT molecular complexity index is 511. The Balaban J connectivity index is 2.48. The van der Waals surface area contributed by atoms with Crippen LogP contribution in [0.5, 0.6) is 0 Å². The largest absolute Gasteiger partial charge is 0.326 e. The molecule has 2 rings (SSSR count). The number of hydrogen-bond donors (Lipinski definition) is 1. The third kappa shape index (κ3) is 2.28. The van der Waals surface area contributed by atoms with Gasteiger partial charge in [-0.3, -0.25) is 0 Å². The van der Waals surface area contributed by atoms with Gasteiger partial charge in [0.15, 0.2) is 0 Å². The molecule has 0 unspecified atom stereocenters. The van der Waals surface area contributed by atoms with Gasteiger partial charge < -0.3 is 5.73 Å². The van der Waals surface area contributed by atoms with Crippen molar-refractivity contribution in [1.82, 2.24) is 10.2 Å². The molecule has 0 saturated carbocycles. The summed E-state index contributed by atoms with van der Waals surface area (Å²) >= 11 is 3.44. The Labute approximate surface area is 103 Å². The van der Waals surface area contributed by atoms with Crippen LogP contribution in [0.3, 0.4) is 0 Å². The van der Waals surface area contributed by atoms with E-state index in [1.165, 1.54) is 0 Å². The molecule has 1 heterocycles. The van der Waals surface area contributed by atoms with E-state index in [4.69, 9.17) is 5.73 Å². The van der Waals surface area contributed by atoms with Crippen LogP contribution in [0, 0.1) is 6.92 Å². The molecule has 1 aromatic heterocycles. The standard InChI is InChI=1S/C12H12BrN3/c1-8-10(7-14)6-12(16-15-8)9-3-2-4-11(13)5-9/h2-6H,7,14H2,1H3. The van der Waals surface area contributed by atoms with Crippen molar-refractivity contribution in [2.45, 2.75) is 13.5 Å². The van der Waals surface area contributed by atoms with Crippen LogP contribution in [0.15, 0.2) is 34.8 Å². The maximum absolute atomic E-state index is 5.65. The molecule has 0 aliphatic heterocycles. The van der Waals surface area contributed by atoms with Gasteiger partial charge in [-0.15, -0.1) is 0 Å². The van der Waals surface area contributed by atoms with Crippen molar-refractivity contribution in [2.24, 2.45) is 5.73 Å². The van der Waals surface area contributed by atoms with Gasteiger partial charge in [-0.25, -0.2) is 0 Å². The van der Waals surface area contributed by atoms with Gasteiger partial charge >= 0.3 is 0 Å². The second-order valence-electron chi connectivity index (χ2n) is 3.55. The highest BCUT2D eigenvalue weighted by Gasteiger charge is 2.04. The highest BCUT2D eigenvalue weighted by atomic mass is 79.9. The van der Waals surface area contributed by atoms with E-state index in [2.05, 4.69) is 26.1 Å². The molecule has 0 saturated heterocycles. The summed E-state index contributed by atoms with van der Waals surface area (Å²) in [7, 11) is 0. The third-order valence-corrected chi connectivity index (χ3v) is 2.92. The number of nitrogens with zero attached hydrogens (tertiary/aromatic N) is 2. The van der Waals surface area contributed by atoms with Gasteiger partial charge in [0.2, 0.25) is 0 Å². The number of nitrogens with two attached hydrogens (primary N) is 1. The van der Waals surface area contributed by atoms with Crippen LogP contribution in [0.25, 0.3) is 11.3 Å². The van der Waals surface area contributed by atoms with E-state index >= 15 is 0 Å². The molecule has 0 aliphatic rings. The van der Waals surface area contributed by atoms with Crippen LogP contribution in [-0.2, 0) is 6.54 Å². The van der Waals surface area contributed by atoms with Crippen LogP contribution in [0.4, 0.5) is 0 Å². The van der Waals surface area contributed by atoms with Gasteiger partial charge in [-0.1, -0.05) is 28.1 Å². The average molecular weight is 278 g/mol. The Hall–Kier alpha value is -1.26. The summed E-state index contributed by atoms with van der Waals surface area (Å²) in [4.78, 5) is 0. The highest BCUT2D eigenvalue weighted by molar-refractivity contribution is 9.10. The zero-order valence-electron chi connectivity index (χ0n) is 8.94. The molecule has 0 amide bonds. The van der Waals surface area contributed by atoms with Crippen molar-refractivity contribution >= 4 is 15.9 Å². The summed E-state index contributed by atoms with van der Waals surface area (Å²) in [6.45, 7) is 2.40. The first-order valence-corrected chi connectivity index (χ1v) is 5.79. The minimum absolute atomic E-state index is 0.488. The molecule has 0 spiro atoms. The average Bonchev–Trinajstić information content (AvgIpc) is 2.29. The van der Waals surface area contributed by atoms with Crippen molar-refractivity contribution in [3.8, 4) is 11.3 Å². The number of aromatic nitrogens is 2. The smallest absolute Gasteiger partial charge is 0.0933 e. The van der Waals surface area contributed by atoms with Gasteiger partial charge in [0.1, 0.15) is 0 Å². The van der Waals surface area contributed by atoms with E-state index in [-0.39, 0.29) is 0 Å². The maximum Gasteiger partial charge on any atom is 0.0933 e. The molecular weight excluding hydrogens is 266 g/mol. The molecule has 0 fully saturated rings. The number of rotatable bonds is 2. The minimum atomic E-state index is 0.488. The Morgan fingerprint density at radius 3 is 2.75 bits per heavy atom. The molecule has 2 N–H and O–H groups in total. The summed E-state index contributed by atoms with van der Waals surface area (Å²) in [6.07, 6.45) is 0. The summed E-state index contributed by atoms with van der Waals surface area (Å²) in [5.41, 5.74) is 9.47. The van der Waals surface area contributed by atoms with E-state index in [1.807, 2.05) is 37.3 Å². The lowest BCUT2D eigenvalue weighted by molar-refractivity contribution is 0.924. The van der Waals surface area contributed by atoms with E-state index in [9.17, 15) is 0 Å². The number of benzene rings is 1. The summed E-state index contributed by atoms with van der Waals surface area (Å²) in [5.74, 6) is 0.